The van der Waals surface area contributed by atoms with Crippen LogP contribution in [0.4, 0.5) is 0 Å². The standard InChI is InChI=1S/C51H32N4O/c1-4-14-33(15-5-1)37-18-12-19-38(30-37)51-53-49(35-16-6-2-7-17-35)52-50(54-51)36-28-26-34(27-29-36)40-23-13-25-46-48(40)43-31-45-42(32-47(43)56-46)41-22-10-11-24-44(41)55(45)39-20-8-3-9-21-39/h1-32H. The van der Waals surface area contributed by atoms with Crippen molar-refractivity contribution in [2.24, 2.45) is 0 Å². The van der Waals surface area contributed by atoms with E-state index in [1.165, 1.54) is 16.3 Å². The highest BCUT2D eigenvalue weighted by Gasteiger charge is 2.19. The summed E-state index contributed by atoms with van der Waals surface area (Å²) in [6, 6.07) is 67.4. The zero-order chi connectivity index (χ0) is 37.0. The molecule has 0 saturated heterocycles. The van der Waals surface area contributed by atoms with E-state index in [9.17, 15) is 0 Å². The third-order valence-corrected chi connectivity index (χ3v) is 10.7. The van der Waals surface area contributed by atoms with E-state index < -0.39 is 0 Å². The number of fused-ring (bicyclic) bond motifs is 6. The number of hydrogen-bond donors (Lipinski definition) is 0. The molecule has 0 spiro atoms. The first-order chi connectivity index (χ1) is 27.7. The third kappa shape index (κ3) is 5.37. The Balaban J connectivity index is 1.04. The van der Waals surface area contributed by atoms with E-state index in [0.717, 1.165) is 72.1 Å². The molecular formula is C51H32N4O. The number of aromatic nitrogens is 4. The Bertz CT molecular complexity index is 3220. The topological polar surface area (TPSA) is 56.7 Å². The number of furan rings is 1. The highest BCUT2D eigenvalue weighted by Crippen LogP contribution is 2.42. The van der Waals surface area contributed by atoms with E-state index >= 15 is 0 Å². The molecule has 11 rings (SSSR count). The predicted molar refractivity (Wildman–Crippen MR) is 229 cm³/mol. The van der Waals surface area contributed by atoms with Crippen LogP contribution in [-0.2, 0) is 0 Å². The molecule has 3 aromatic heterocycles. The fraction of sp³-hybridized carbons (Fsp3) is 0. The molecule has 0 radical (unpaired) electrons. The Morgan fingerprint density at radius 3 is 1.66 bits per heavy atom. The summed E-state index contributed by atoms with van der Waals surface area (Å²) in [5, 5.41) is 4.54. The second kappa shape index (κ2) is 13.0. The van der Waals surface area contributed by atoms with Gasteiger partial charge in [-0.05, 0) is 64.7 Å². The largest absolute Gasteiger partial charge is 0.456 e. The lowest BCUT2D eigenvalue weighted by Gasteiger charge is -2.10. The smallest absolute Gasteiger partial charge is 0.164 e. The summed E-state index contributed by atoms with van der Waals surface area (Å²) in [5.41, 5.74) is 12.4. The van der Waals surface area contributed by atoms with Gasteiger partial charge in [0.05, 0.1) is 11.0 Å². The van der Waals surface area contributed by atoms with Crippen LogP contribution >= 0.6 is 0 Å². The van der Waals surface area contributed by atoms with Crippen LogP contribution in [0.2, 0.25) is 0 Å². The summed E-state index contributed by atoms with van der Waals surface area (Å²) in [5.74, 6) is 1.88. The van der Waals surface area contributed by atoms with Crippen LogP contribution in [0, 0.1) is 0 Å². The fourth-order valence-electron chi connectivity index (χ4n) is 8.00. The maximum atomic E-state index is 6.59. The number of hydrogen-bond acceptors (Lipinski definition) is 4. The van der Waals surface area contributed by atoms with Gasteiger partial charge in [-0.3, -0.25) is 0 Å². The van der Waals surface area contributed by atoms with Crippen molar-refractivity contribution in [1.82, 2.24) is 19.5 Å². The molecule has 0 saturated carbocycles. The van der Waals surface area contributed by atoms with Gasteiger partial charge in [0, 0.05) is 43.9 Å². The molecule has 0 bridgehead atoms. The number of nitrogens with zero attached hydrogens (tertiary/aromatic N) is 4. The Morgan fingerprint density at radius 2 is 0.911 bits per heavy atom. The molecule has 262 valence electrons. The lowest BCUT2D eigenvalue weighted by atomic mass is 9.98. The van der Waals surface area contributed by atoms with Crippen molar-refractivity contribution in [1.29, 1.82) is 0 Å². The minimum absolute atomic E-state index is 0.619. The Morgan fingerprint density at radius 1 is 0.339 bits per heavy atom. The average Bonchev–Trinajstić information content (AvgIpc) is 3.81. The average molecular weight is 717 g/mol. The summed E-state index contributed by atoms with van der Waals surface area (Å²) in [4.78, 5) is 15.0. The van der Waals surface area contributed by atoms with Gasteiger partial charge in [-0.25, -0.2) is 15.0 Å². The molecule has 0 aliphatic heterocycles. The molecular weight excluding hydrogens is 685 g/mol. The number of para-hydroxylation sites is 2. The predicted octanol–water partition coefficient (Wildman–Crippen LogP) is 13.2. The van der Waals surface area contributed by atoms with Crippen molar-refractivity contribution in [2.75, 3.05) is 0 Å². The summed E-state index contributed by atoms with van der Waals surface area (Å²) in [7, 11) is 0. The Hall–Kier alpha value is -7.63. The van der Waals surface area contributed by atoms with Crippen LogP contribution < -0.4 is 0 Å². The maximum Gasteiger partial charge on any atom is 0.164 e. The molecule has 11 aromatic rings. The van der Waals surface area contributed by atoms with Crippen molar-refractivity contribution in [3.8, 4) is 62.1 Å². The van der Waals surface area contributed by atoms with Crippen LogP contribution in [-0.4, -0.2) is 19.5 Å². The van der Waals surface area contributed by atoms with Crippen LogP contribution in [0.1, 0.15) is 0 Å². The summed E-state index contributed by atoms with van der Waals surface area (Å²) in [6.07, 6.45) is 0. The Kier molecular flexibility index (Phi) is 7.42. The molecule has 0 aliphatic carbocycles. The van der Waals surface area contributed by atoms with Gasteiger partial charge in [0.2, 0.25) is 0 Å². The van der Waals surface area contributed by atoms with Gasteiger partial charge >= 0.3 is 0 Å². The van der Waals surface area contributed by atoms with Crippen molar-refractivity contribution in [2.45, 2.75) is 0 Å². The van der Waals surface area contributed by atoms with Gasteiger partial charge in [-0.2, -0.15) is 0 Å². The molecule has 0 unspecified atom stereocenters. The molecule has 5 nitrogen and oxygen atoms in total. The highest BCUT2D eigenvalue weighted by molar-refractivity contribution is 6.19. The van der Waals surface area contributed by atoms with Gasteiger partial charge in [-0.15, -0.1) is 0 Å². The van der Waals surface area contributed by atoms with Crippen LogP contribution in [0.3, 0.4) is 0 Å². The van der Waals surface area contributed by atoms with Gasteiger partial charge in [0.1, 0.15) is 11.2 Å². The highest BCUT2D eigenvalue weighted by atomic mass is 16.3. The van der Waals surface area contributed by atoms with E-state index in [2.05, 4.69) is 162 Å². The summed E-state index contributed by atoms with van der Waals surface area (Å²) in [6.45, 7) is 0. The lowest BCUT2D eigenvalue weighted by molar-refractivity contribution is 0.669. The number of benzene rings is 8. The first-order valence-electron chi connectivity index (χ1n) is 18.8. The molecule has 0 amide bonds. The van der Waals surface area contributed by atoms with Crippen molar-refractivity contribution >= 4 is 43.7 Å². The van der Waals surface area contributed by atoms with Gasteiger partial charge in [0.15, 0.2) is 17.5 Å². The minimum atomic E-state index is 0.619. The van der Waals surface area contributed by atoms with E-state index in [1.807, 2.05) is 36.4 Å². The second-order valence-corrected chi connectivity index (χ2v) is 14.0. The molecule has 3 heterocycles. The van der Waals surface area contributed by atoms with Crippen LogP contribution in [0.15, 0.2) is 199 Å². The normalized spacial score (nSPS) is 11.6. The van der Waals surface area contributed by atoms with E-state index in [4.69, 9.17) is 19.4 Å². The molecule has 0 fully saturated rings. The molecule has 8 aromatic carbocycles. The van der Waals surface area contributed by atoms with E-state index in [0.29, 0.717) is 17.5 Å². The Labute approximate surface area is 322 Å². The molecule has 0 aliphatic rings. The molecule has 0 atom stereocenters. The van der Waals surface area contributed by atoms with Crippen LogP contribution in [0.25, 0.3) is 106 Å². The van der Waals surface area contributed by atoms with E-state index in [-0.39, 0.29) is 0 Å². The van der Waals surface area contributed by atoms with Crippen LogP contribution in [0.5, 0.6) is 0 Å². The fourth-order valence-corrected chi connectivity index (χ4v) is 8.00. The SMILES string of the molecule is c1ccc(-c2cccc(-c3nc(-c4ccccc4)nc(-c4ccc(-c5cccc6oc7cc8c9ccccc9n(-c9ccccc9)c8cc7c56)cc4)n3)c2)cc1. The van der Waals surface area contributed by atoms with Crippen molar-refractivity contribution < 1.29 is 4.42 Å². The van der Waals surface area contributed by atoms with E-state index in [1.54, 1.807) is 0 Å². The van der Waals surface area contributed by atoms with Gasteiger partial charge < -0.3 is 8.98 Å². The van der Waals surface area contributed by atoms with Crippen molar-refractivity contribution in [3.05, 3.63) is 194 Å². The zero-order valence-corrected chi connectivity index (χ0v) is 30.2. The first-order valence-corrected chi connectivity index (χ1v) is 18.8. The van der Waals surface area contributed by atoms with Gasteiger partial charge in [-0.1, -0.05) is 152 Å². The monoisotopic (exact) mass is 716 g/mol. The molecule has 56 heavy (non-hydrogen) atoms. The second-order valence-electron chi connectivity index (χ2n) is 14.0. The maximum absolute atomic E-state index is 6.59. The van der Waals surface area contributed by atoms with Crippen molar-refractivity contribution in [3.63, 3.8) is 0 Å². The summed E-state index contributed by atoms with van der Waals surface area (Å²) >= 11 is 0. The summed E-state index contributed by atoms with van der Waals surface area (Å²) < 4.78 is 8.94. The van der Waals surface area contributed by atoms with Gasteiger partial charge in [0.25, 0.3) is 0 Å². The third-order valence-electron chi connectivity index (χ3n) is 10.7. The quantitative estimate of drug-likeness (QED) is 0.172. The minimum Gasteiger partial charge on any atom is -0.456 e. The molecule has 5 heteroatoms. The zero-order valence-electron chi connectivity index (χ0n) is 30.2. The number of rotatable bonds is 6. The first kappa shape index (κ1) is 31.9. The lowest BCUT2D eigenvalue weighted by Crippen LogP contribution is -2.00. The molecule has 0 N–H and O–H groups in total.